The van der Waals surface area contributed by atoms with E-state index in [2.05, 4.69) is 10.3 Å². The van der Waals surface area contributed by atoms with E-state index in [9.17, 15) is 4.39 Å². The van der Waals surface area contributed by atoms with Gasteiger partial charge < -0.3 is 9.88 Å². The van der Waals surface area contributed by atoms with Crippen molar-refractivity contribution in [3.8, 4) is 5.69 Å². The van der Waals surface area contributed by atoms with Gasteiger partial charge in [0.2, 0.25) is 0 Å². The molecule has 1 unspecified atom stereocenters. The maximum Gasteiger partial charge on any atom is 0.125 e. The number of hydrogen-bond acceptors (Lipinski definition) is 2. The van der Waals surface area contributed by atoms with Crippen molar-refractivity contribution in [3.05, 3.63) is 48.3 Å². The van der Waals surface area contributed by atoms with E-state index in [4.69, 9.17) is 0 Å². The highest BCUT2D eigenvalue weighted by Gasteiger charge is 2.20. The van der Waals surface area contributed by atoms with Gasteiger partial charge >= 0.3 is 0 Å². The first kappa shape index (κ1) is 10.5. The predicted molar refractivity (Wildman–Crippen MR) is 63.5 cm³/mol. The summed E-state index contributed by atoms with van der Waals surface area (Å²) >= 11 is 0. The Balaban J connectivity index is 2.00. The number of nitrogens with one attached hydrogen (secondary N) is 1. The van der Waals surface area contributed by atoms with Crippen LogP contribution in [0.25, 0.3) is 5.69 Å². The number of rotatable bonds is 2. The maximum atomic E-state index is 13.2. The molecule has 0 bridgehead atoms. The third-order valence-corrected chi connectivity index (χ3v) is 3.17. The van der Waals surface area contributed by atoms with Gasteiger partial charge in [0.05, 0.1) is 18.2 Å². The zero-order valence-corrected chi connectivity index (χ0v) is 9.44. The number of imidazole rings is 1. The molecule has 2 heterocycles. The van der Waals surface area contributed by atoms with Gasteiger partial charge in [-0.3, -0.25) is 0 Å². The second-order valence-electron chi connectivity index (χ2n) is 4.32. The number of benzene rings is 1. The van der Waals surface area contributed by atoms with Crippen LogP contribution in [0.3, 0.4) is 0 Å². The molecule has 88 valence electrons. The van der Waals surface area contributed by atoms with Crippen molar-refractivity contribution in [2.75, 3.05) is 6.54 Å². The Morgan fingerprint density at radius 3 is 3.12 bits per heavy atom. The number of halogens is 1. The third kappa shape index (κ3) is 1.96. The van der Waals surface area contributed by atoms with Crippen LogP contribution < -0.4 is 5.32 Å². The van der Waals surface area contributed by atoms with Crippen LogP contribution in [0.5, 0.6) is 0 Å². The Hall–Kier alpha value is -1.68. The SMILES string of the molecule is Fc1cccc(-n2cncc2C2CCCN2)c1. The summed E-state index contributed by atoms with van der Waals surface area (Å²) < 4.78 is 15.2. The first-order valence-corrected chi connectivity index (χ1v) is 5.86. The molecule has 0 spiro atoms. The fraction of sp³-hybridized carbons (Fsp3) is 0.308. The molecule has 1 atom stereocenters. The molecule has 0 saturated carbocycles. The zero-order valence-electron chi connectivity index (χ0n) is 9.44. The molecule has 1 aliphatic heterocycles. The maximum absolute atomic E-state index is 13.2. The lowest BCUT2D eigenvalue weighted by Crippen LogP contribution is -2.16. The zero-order chi connectivity index (χ0) is 11.7. The summed E-state index contributed by atoms with van der Waals surface area (Å²) in [4.78, 5) is 4.17. The fourth-order valence-corrected chi connectivity index (χ4v) is 2.34. The van der Waals surface area contributed by atoms with Crippen molar-refractivity contribution in [1.82, 2.24) is 14.9 Å². The molecule has 1 aromatic carbocycles. The van der Waals surface area contributed by atoms with E-state index in [-0.39, 0.29) is 5.82 Å². The van der Waals surface area contributed by atoms with Gasteiger partial charge in [0.25, 0.3) is 0 Å². The molecule has 4 heteroatoms. The molecule has 0 radical (unpaired) electrons. The lowest BCUT2D eigenvalue weighted by atomic mass is 10.1. The molecule has 3 nitrogen and oxygen atoms in total. The number of hydrogen-bond donors (Lipinski definition) is 1. The highest BCUT2D eigenvalue weighted by atomic mass is 19.1. The lowest BCUT2D eigenvalue weighted by molar-refractivity contribution is 0.609. The van der Waals surface area contributed by atoms with Gasteiger partial charge in [0.15, 0.2) is 0 Å². The summed E-state index contributed by atoms with van der Waals surface area (Å²) in [5.74, 6) is -0.221. The molecule has 17 heavy (non-hydrogen) atoms. The summed E-state index contributed by atoms with van der Waals surface area (Å²) in [6.45, 7) is 1.04. The molecule has 1 fully saturated rings. The van der Waals surface area contributed by atoms with Gasteiger partial charge in [-0.15, -0.1) is 0 Å². The van der Waals surface area contributed by atoms with Gasteiger partial charge in [-0.1, -0.05) is 6.07 Å². The quantitative estimate of drug-likeness (QED) is 0.860. The van der Waals surface area contributed by atoms with E-state index in [1.165, 1.54) is 18.6 Å². The van der Waals surface area contributed by atoms with E-state index in [1.807, 2.05) is 16.8 Å². The smallest absolute Gasteiger partial charge is 0.125 e. The largest absolute Gasteiger partial charge is 0.309 e. The first-order valence-electron chi connectivity index (χ1n) is 5.86. The summed E-state index contributed by atoms with van der Waals surface area (Å²) in [5.41, 5.74) is 1.93. The highest BCUT2D eigenvalue weighted by molar-refractivity contribution is 5.34. The highest BCUT2D eigenvalue weighted by Crippen LogP contribution is 2.25. The van der Waals surface area contributed by atoms with E-state index in [1.54, 1.807) is 12.4 Å². The molecule has 1 aromatic heterocycles. The molecule has 0 aliphatic carbocycles. The van der Waals surface area contributed by atoms with Crippen LogP contribution >= 0.6 is 0 Å². The van der Waals surface area contributed by atoms with Crippen molar-refractivity contribution in [1.29, 1.82) is 0 Å². The van der Waals surface area contributed by atoms with Crippen LogP contribution in [0.4, 0.5) is 4.39 Å². The summed E-state index contributed by atoms with van der Waals surface area (Å²) in [7, 11) is 0. The van der Waals surface area contributed by atoms with E-state index in [0.29, 0.717) is 6.04 Å². The normalized spacial score (nSPS) is 19.7. The molecular weight excluding hydrogens is 217 g/mol. The molecule has 1 aliphatic rings. The molecule has 1 N–H and O–H groups in total. The van der Waals surface area contributed by atoms with Crippen molar-refractivity contribution < 1.29 is 4.39 Å². The van der Waals surface area contributed by atoms with Crippen molar-refractivity contribution >= 4 is 0 Å². The topological polar surface area (TPSA) is 29.9 Å². The Kier molecular flexibility index (Phi) is 2.65. The van der Waals surface area contributed by atoms with Gasteiger partial charge in [-0.25, -0.2) is 9.37 Å². The fourth-order valence-electron chi connectivity index (χ4n) is 2.34. The predicted octanol–water partition coefficient (Wildman–Crippen LogP) is 2.44. The van der Waals surface area contributed by atoms with Crippen LogP contribution in [0.15, 0.2) is 36.8 Å². The Morgan fingerprint density at radius 1 is 1.41 bits per heavy atom. The van der Waals surface area contributed by atoms with Crippen molar-refractivity contribution in [2.24, 2.45) is 0 Å². The van der Waals surface area contributed by atoms with E-state index < -0.39 is 0 Å². The van der Waals surface area contributed by atoms with Gasteiger partial charge in [-0.2, -0.15) is 0 Å². The minimum atomic E-state index is -0.221. The van der Waals surface area contributed by atoms with Crippen molar-refractivity contribution in [3.63, 3.8) is 0 Å². The number of nitrogens with zero attached hydrogens (tertiary/aromatic N) is 2. The summed E-state index contributed by atoms with van der Waals surface area (Å²) in [5, 5.41) is 3.43. The minimum Gasteiger partial charge on any atom is -0.309 e. The summed E-state index contributed by atoms with van der Waals surface area (Å²) in [6, 6.07) is 6.93. The molecule has 2 aromatic rings. The van der Waals surface area contributed by atoms with Gasteiger partial charge in [-0.05, 0) is 37.6 Å². The molecule has 1 saturated heterocycles. The first-order chi connectivity index (χ1) is 8.34. The lowest BCUT2D eigenvalue weighted by Gasteiger charge is -2.13. The Labute approximate surface area is 99.3 Å². The average Bonchev–Trinajstić information content (AvgIpc) is 3.00. The second-order valence-corrected chi connectivity index (χ2v) is 4.32. The Morgan fingerprint density at radius 2 is 2.35 bits per heavy atom. The van der Waals surface area contributed by atoms with E-state index >= 15 is 0 Å². The monoisotopic (exact) mass is 231 g/mol. The second kappa shape index (κ2) is 4.30. The number of aromatic nitrogens is 2. The van der Waals surface area contributed by atoms with Crippen LogP contribution in [0, 0.1) is 5.82 Å². The van der Waals surface area contributed by atoms with Gasteiger partial charge in [0.1, 0.15) is 5.82 Å². The third-order valence-electron chi connectivity index (χ3n) is 3.17. The van der Waals surface area contributed by atoms with Crippen LogP contribution in [0.2, 0.25) is 0 Å². The molecule has 3 rings (SSSR count). The van der Waals surface area contributed by atoms with Crippen LogP contribution in [0.1, 0.15) is 24.6 Å². The van der Waals surface area contributed by atoms with Crippen LogP contribution in [-0.4, -0.2) is 16.1 Å². The minimum absolute atomic E-state index is 0.221. The molecular formula is C13H14FN3. The van der Waals surface area contributed by atoms with E-state index in [0.717, 1.165) is 24.3 Å². The van der Waals surface area contributed by atoms with Gasteiger partial charge in [0, 0.05) is 11.7 Å². The summed E-state index contributed by atoms with van der Waals surface area (Å²) in [6.07, 6.45) is 5.89. The van der Waals surface area contributed by atoms with Crippen molar-refractivity contribution in [2.45, 2.75) is 18.9 Å². The van der Waals surface area contributed by atoms with Crippen LogP contribution in [-0.2, 0) is 0 Å². The Bertz CT molecular complexity index is 515. The molecule has 0 amide bonds. The average molecular weight is 231 g/mol. The standard InChI is InChI=1S/C13H14FN3/c14-10-3-1-4-11(7-10)17-9-15-8-13(17)12-5-2-6-16-12/h1,3-4,7-9,12,16H,2,5-6H2.